The van der Waals surface area contributed by atoms with E-state index in [9.17, 15) is 10.1 Å². The summed E-state index contributed by atoms with van der Waals surface area (Å²) in [7, 11) is 1.87. The van der Waals surface area contributed by atoms with E-state index in [0.29, 0.717) is 0 Å². The van der Waals surface area contributed by atoms with Crippen LogP contribution >= 0.6 is 0 Å². The van der Waals surface area contributed by atoms with Gasteiger partial charge < -0.3 is 9.73 Å². The molecule has 1 heterocycles. The summed E-state index contributed by atoms with van der Waals surface area (Å²) in [5, 5.41) is 13.8. The lowest BCUT2D eigenvalue weighted by atomic mass is 10.1. The summed E-state index contributed by atoms with van der Waals surface area (Å²) in [5.41, 5.74) is 1.80. The topological polar surface area (TPSA) is 68.3 Å². The van der Waals surface area contributed by atoms with E-state index in [0.717, 1.165) is 22.6 Å². The molecule has 100 valence electrons. The zero-order valence-electron chi connectivity index (χ0n) is 11.1. The fraction of sp³-hybridized carbons (Fsp3) is 0.286. The van der Waals surface area contributed by atoms with Gasteiger partial charge in [-0.15, -0.1) is 0 Å². The molecule has 0 aliphatic heterocycles. The number of hydrogen-bond acceptors (Lipinski definition) is 4. The summed E-state index contributed by atoms with van der Waals surface area (Å²) >= 11 is 0. The first-order valence-corrected chi connectivity index (χ1v) is 6.05. The second-order valence-electron chi connectivity index (χ2n) is 4.47. The summed E-state index contributed by atoms with van der Waals surface area (Å²) in [6.07, 6.45) is 0. The molecule has 5 nitrogen and oxygen atoms in total. The molecular formula is C14H16N2O3. The number of furan rings is 1. The molecule has 1 aromatic heterocycles. The number of rotatable bonds is 4. The van der Waals surface area contributed by atoms with Crippen LogP contribution in [0.25, 0.3) is 11.3 Å². The Morgan fingerprint density at radius 1 is 1.32 bits per heavy atom. The van der Waals surface area contributed by atoms with Crippen LogP contribution in [0.2, 0.25) is 0 Å². The van der Waals surface area contributed by atoms with E-state index < -0.39 is 4.92 Å². The molecule has 1 aromatic carbocycles. The van der Waals surface area contributed by atoms with Crippen molar-refractivity contribution in [3.8, 4) is 11.3 Å². The number of nitro benzene ring substituents is 1. The van der Waals surface area contributed by atoms with Gasteiger partial charge in [-0.25, -0.2) is 0 Å². The van der Waals surface area contributed by atoms with Gasteiger partial charge in [0.15, 0.2) is 0 Å². The van der Waals surface area contributed by atoms with E-state index in [2.05, 4.69) is 5.32 Å². The number of non-ortho nitro benzene ring substituents is 1. The molecule has 2 aromatic rings. The van der Waals surface area contributed by atoms with Gasteiger partial charge in [-0.1, -0.05) is 0 Å². The Kier molecular flexibility index (Phi) is 3.66. The second kappa shape index (κ2) is 5.24. The molecule has 1 unspecified atom stereocenters. The van der Waals surface area contributed by atoms with Gasteiger partial charge in [-0.05, 0) is 44.7 Å². The van der Waals surface area contributed by atoms with Crippen molar-refractivity contribution in [2.24, 2.45) is 0 Å². The van der Waals surface area contributed by atoms with E-state index in [1.165, 1.54) is 6.07 Å². The summed E-state index contributed by atoms with van der Waals surface area (Å²) in [5.74, 6) is 1.57. The maximum atomic E-state index is 10.7. The largest absolute Gasteiger partial charge is 0.459 e. The number of nitro groups is 1. The normalized spacial score (nSPS) is 12.4. The zero-order chi connectivity index (χ0) is 14.0. The minimum absolute atomic E-state index is 0.0941. The number of nitrogens with zero attached hydrogens (tertiary/aromatic N) is 1. The Bertz CT molecular complexity index is 604. The van der Waals surface area contributed by atoms with E-state index in [4.69, 9.17) is 4.42 Å². The highest BCUT2D eigenvalue weighted by atomic mass is 16.6. The Balaban J connectivity index is 2.37. The SMILES string of the molecule is CNC(C)c1ccc(-c2ccc([N+](=O)[O-])cc2C)o1. The molecule has 1 atom stereocenters. The number of benzene rings is 1. The standard InChI is InChI=1S/C14H16N2O3/c1-9-8-11(16(17)18)4-5-12(9)14-7-6-13(19-14)10(2)15-3/h4-8,10,15H,1-3H3. The quantitative estimate of drug-likeness (QED) is 0.675. The van der Waals surface area contributed by atoms with Crippen molar-refractivity contribution in [3.05, 3.63) is 51.8 Å². The van der Waals surface area contributed by atoms with Crippen LogP contribution in [0.4, 0.5) is 5.69 Å². The molecule has 1 N–H and O–H groups in total. The van der Waals surface area contributed by atoms with Crippen LogP contribution in [0, 0.1) is 17.0 Å². The van der Waals surface area contributed by atoms with Gasteiger partial charge in [0.2, 0.25) is 0 Å². The first-order valence-electron chi connectivity index (χ1n) is 6.05. The van der Waals surface area contributed by atoms with Crippen molar-refractivity contribution in [1.82, 2.24) is 5.32 Å². The number of nitrogens with one attached hydrogen (secondary N) is 1. The van der Waals surface area contributed by atoms with Crippen molar-refractivity contribution in [1.29, 1.82) is 0 Å². The third kappa shape index (κ3) is 2.66. The molecule has 0 radical (unpaired) electrons. The minimum atomic E-state index is -0.395. The van der Waals surface area contributed by atoms with Crippen molar-refractivity contribution in [3.63, 3.8) is 0 Å². The van der Waals surface area contributed by atoms with E-state index in [-0.39, 0.29) is 11.7 Å². The minimum Gasteiger partial charge on any atom is -0.459 e. The molecule has 0 saturated carbocycles. The van der Waals surface area contributed by atoms with Crippen LogP contribution in [0.5, 0.6) is 0 Å². The molecule has 0 bridgehead atoms. The second-order valence-corrected chi connectivity index (χ2v) is 4.47. The molecule has 2 rings (SSSR count). The van der Waals surface area contributed by atoms with Gasteiger partial charge in [0, 0.05) is 17.7 Å². The van der Waals surface area contributed by atoms with Crippen molar-refractivity contribution in [2.75, 3.05) is 7.05 Å². The van der Waals surface area contributed by atoms with E-state index >= 15 is 0 Å². The van der Waals surface area contributed by atoms with Crippen LogP contribution in [0.1, 0.15) is 24.3 Å². The maximum absolute atomic E-state index is 10.7. The van der Waals surface area contributed by atoms with Crippen molar-refractivity contribution < 1.29 is 9.34 Å². The highest BCUT2D eigenvalue weighted by Crippen LogP contribution is 2.29. The zero-order valence-corrected chi connectivity index (χ0v) is 11.1. The maximum Gasteiger partial charge on any atom is 0.269 e. The highest BCUT2D eigenvalue weighted by molar-refractivity contribution is 5.64. The third-order valence-electron chi connectivity index (χ3n) is 3.17. The van der Waals surface area contributed by atoms with Crippen LogP contribution in [-0.4, -0.2) is 12.0 Å². The molecule has 19 heavy (non-hydrogen) atoms. The molecule has 0 aliphatic carbocycles. The van der Waals surface area contributed by atoms with Gasteiger partial charge >= 0.3 is 0 Å². The van der Waals surface area contributed by atoms with Gasteiger partial charge in [0.05, 0.1) is 11.0 Å². The fourth-order valence-corrected chi connectivity index (χ4v) is 1.91. The van der Waals surface area contributed by atoms with Gasteiger partial charge in [-0.3, -0.25) is 10.1 Å². The predicted octanol–water partition coefficient (Wildman–Crippen LogP) is 3.44. The fourth-order valence-electron chi connectivity index (χ4n) is 1.91. The molecule has 0 amide bonds. The third-order valence-corrected chi connectivity index (χ3v) is 3.17. The first kappa shape index (κ1) is 13.3. The molecule has 0 fully saturated rings. The van der Waals surface area contributed by atoms with E-state index in [1.807, 2.05) is 33.0 Å². The lowest BCUT2D eigenvalue weighted by Crippen LogP contribution is -2.11. The highest BCUT2D eigenvalue weighted by Gasteiger charge is 2.13. The number of hydrogen-bond donors (Lipinski definition) is 1. The van der Waals surface area contributed by atoms with Crippen LogP contribution in [0.15, 0.2) is 34.7 Å². The molecule has 0 aliphatic rings. The first-order chi connectivity index (χ1) is 9.02. The van der Waals surface area contributed by atoms with Gasteiger partial charge in [0.1, 0.15) is 11.5 Å². The Morgan fingerprint density at radius 3 is 2.63 bits per heavy atom. The lowest BCUT2D eigenvalue weighted by molar-refractivity contribution is -0.384. The van der Waals surface area contributed by atoms with Gasteiger partial charge in [-0.2, -0.15) is 0 Å². The molecule has 0 spiro atoms. The molecule has 5 heteroatoms. The monoisotopic (exact) mass is 260 g/mol. The summed E-state index contributed by atoms with van der Waals surface area (Å²) in [4.78, 5) is 10.3. The smallest absolute Gasteiger partial charge is 0.269 e. The summed E-state index contributed by atoms with van der Waals surface area (Å²) in [6.45, 7) is 3.84. The number of aryl methyl sites for hydroxylation is 1. The molecule has 0 saturated heterocycles. The summed E-state index contributed by atoms with van der Waals surface area (Å²) in [6, 6.07) is 8.70. The summed E-state index contributed by atoms with van der Waals surface area (Å²) < 4.78 is 5.77. The molecular weight excluding hydrogens is 244 g/mol. The van der Waals surface area contributed by atoms with E-state index in [1.54, 1.807) is 12.1 Å². The van der Waals surface area contributed by atoms with Gasteiger partial charge in [0.25, 0.3) is 5.69 Å². The Labute approximate surface area is 111 Å². The van der Waals surface area contributed by atoms with Crippen molar-refractivity contribution in [2.45, 2.75) is 19.9 Å². The average Bonchev–Trinajstić information content (AvgIpc) is 2.87. The lowest BCUT2D eigenvalue weighted by Gasteiger charge is -2.06. The Hall–Kier alpha value is -2.14. The van der Waals surface area contributed by atoms with Crippen LogP contribution in [-0.2, 0) is 0 Å². The van der Waals surface area contributed by atoms with Crippen LogP contribution in [0.3, 0.4) is 0 Å². The Morgan fingerprint density at radius 2 is 2.05 bits per heavy atom. The predicted molar refractivity (Wildman–Crippen MR) is 73.0 cm³/mol. The van der Waals surface area contributed by atoms with Crippen LogP contribution < -0.4 is 5.32 Å². The van der Waals surface area contributed by atoms with Crippen molar-refractivity contribution >= 4 is 5.69 Å². The average molecular weight is 260 g/mol.